The Labute approximate surface area is 186 Å². The van der Waals surface area contributed by atoms with Crippen LogP contribution in [0.15, 0.2) is 70.4 Å². The van der Waals surface area contributed by atoms with E-state index in [-0.39, 0.29) is 5.69 Å². The molecule has 0 aliphatic rings. The molecular formula is C22H17ClN6OS. The number of aromatic nitrogens is 4. The van der Waals surface area contributed by atoms with E-state index in [1.54, 1.807) is 0 Å². The third kappa shape index (κ3) is 4.21. The monoisotopic (exact) mass is 448 g/mol. The van der Waals surface area contributed by atoms with E-state index in [4.69, 9.17) is 21.6 Å². The molecule has 0 radical (unpaired) electrons. The molecule has 0 spiro atoms. The summed E-state index contributed by atoms with van der Waals surface area (Å²) < 4.78 is 3.29. The maximum atomic E-state index is 11.6. The second-order valence-corrected chi connectivity index (χ2v) is 8.35. The van der Waals surface area contributed by atoms with E-state index >= 15 is 0 Å². The Morgan fingerprint density at radius 3 is 2.48 bits per heavy atom. The zero-order chi connectivity index (χ0) is 21.4. The number of aromatic amines is 2. The fourth-order valence-electron chi connectivity index (χ4n) is 3.18. The van der Waals surface area contributed by atoms with Crippen molar-refractivity contribution in [1.82, 2.24) is 19.9 Å². The fraction of sp³-hybridized carbons (Fsp3) is 0.0455. The molecule has 4 N–H and O–H groups in total. The highest BCUT2D eigenvalue weighted by molar-refractivity contribution is 8.00. The molecule has 5 rings (SSSR count). The van der Waals surface area contributed by atoms with Crippen LogP contribution in [0.3, 0.4) is 0 Å². The SMILES string of the molecule is Cc1ccc2nc(NSc3ccc(Cl)cc3)c(Nc3ccc4[nH]c(=O)[nH]c4c3)nc2c1. The predicted octanol–water partition coefficient (Wildman–Crippen LogP) is 5.62. The molecule has 5 aromatic rings. The largest absolute Gasteiger partial charge is 0.337 e. The predicted molar refractivity (Wildman–Crippen MR) is 127 cm³/mol. The lowest BCUT2D eigenvalue weighted by atomic mass is 10.2. The lowest BCUT2D eigenvalue weighted by Gasteiger charge is -2.13. The molecule has 0 aliphatic heterocycles. The summed E-state index contributed by atoms with van der Waals surface area (Å²) in [4.78, 5) is 27.6. The average molecular weight is 449 g/mol. The van der Waals surface area contributed by atoms with Gasteiger partial charge in [-0.1, -0.05) is 17.7 Å². The standard InChI is InChI=1S/C22H17ClN6OS/c1-12-2-8-16-18(10-12)26-20(21(25-16)29-31-15-6-3-13(23)4-7-15)24-14-5-9-17-19(11-14)28-22(30)27-17/h2-11H,1H3,(H,24,26)(H,25,29)(H2,27,28,30). The van der Waals surface area contributed by atoms with Crippen molar-refractivity contribution in [3.63, 3.8) is 0 Å². The molecule has 2 heterocycles. The highest BCUT2D eigenvalue weighted by Gasteiger charge is 2.11. The first-order chi connectivity index (χ1) is 15.0. The molecule has 3 aromatic carbocycles. The van der Waals surface area contributed by atoms with Crippen molar-refractivity contribution in [3.05, 3.63) is 81.7 Å². The minimum atomic E-state index is -0.241. The molecule has 0 saturated heterocycles. The van der Waals surface area contributed by atoms with Crippen LogP contribution < -0.4 is 15.7 Å². The van der Waals surface area contributed by atoms with Gasteiger partial charge < -0.3 is 20.0 Å². The van der Waals surface area contributed by atoms with Gasteiger partial charge in [-0.2, -0.15) is 0 Å². The van der Waals surface area contributed by atoms with Crippen molar-refractivity contribution < 1.29 is 0 Å². The molecule has 0 amide bonds. The van der Waals surface area contributed by atoms with Crippen molar-refractivity contribution in [2.24, 2.45) is 0 Å². The number of nitrogens with one attached hydrogen (secondary N) is 4. The van der Waals surface area contributed by atoms with E-state index < -0.39 is 0 Å². The molecule has 0 aliphatic carbocycles. The number of H-pyrrole nitrogens is 2. The summed E-state index contributed by atoms with van der Waals surface area (Å²) in [6, 6.07) is 19.1. The van der Waals surface area contributed by atoms with Crippen LogP contribution in [0, 0.1) is 6.92 Å². The van der Waals surface area contributed by atoms with Crippen LogP contribution in [0.2, 0.25) is 5.02 Å². The lowest BCUT2D eigenvalue weighted by Crippen LogP contribution is -2.02. The maximum Gasteiger partial charge on any atom is 0.323 e. The molecule has 154 valence electrons. The van der Waals surface area contributed by atoms with Gasteiger partial charge in [0, 0.05) is 15.6 Å². The minimum Gasteiger partial charge on any atom is -0.337 e. The molecule has 0 unspecified atom stereocenters. The van der Waals surface area contributed by atoms with Gasteiger partial charge in [-0.15, -0.1) is 0 Å². The number of hydrogen-bond acceptors (Lipinski definition) is 6. The first-order valence-corrected chi connectivity index (χ1v) is 10.7. The van der Waals surface area contributed by atoms with Gasteiger partial charge in [0.2, 0.25) is 0 Å². The fourth-order valence-corrected chi connectivity index (χ4v) is 3.93. The van der Waals surface area contributed by atoms with Crippen LogP contribution in [0.5, 0.6) is 0 Å². The Morgan fingerprint density at radius 2 is 1.65 bits per heavy atom. The summed E-state index contributed by atoms with van der Waals surface area (Å²) in [6.45, 7) is 2.02. The van der Waals surface area contributed by atoms with Crippen LogP contribution in [-0.2, 0) is 0 Å². The summed E-state index contributed by atoms with van der Waals surface area (Å²) in [6.07, 6.45) is 0. The highest BCUT2D eigenvalue weighted by atomic mass is 35.5. The van der Waals surface area contributed by atoms with Crippen LogP contribution in [0.25, 0.3) is 22.1 Å². The number of fused-ring (bicyclic) bond motifs is 2. The number of aryl methyl sites for hydroxylation is 1. The van der Waals surface area contributed by atoms with Gasteiger partial charge in [0.15, 0.2) is 11.6 Å². The van der Waals surface area contributed by atoms with Gasteiger partial charge in [-0.05, 0) is 79.0 Å². The summed E-state index contributed by atoms with van der Waals surface area (Å²) >= 11 is 7.40. The Hall–Kier alpha value is -3.49. The second kappa shape index (κ2) is 7.98. The molecule has 0 atom stereocenters. The number of imidazole rings is 1. The number of anilines is 3. The van der Waals surface area contributed by atoms with E-state index in [1.807, 2.05) is 67.6 Å². The van der Waals surface area contributed by atoms with Crippen molar-refractivity contribution in [1.29, 1.82) is 0 Å². The molecule has 2 aromatic heterocycles. The first-order valence-electron chi connectivity index (χ1n) is 9.49. The van der Waals surface area contributed by atoms with Crippen molar-refractivity contribution in [2.45, 2.75) is 11.8 Å². The van der Waals surface area contributed by atoms with E-state index in [0.29, 0.717) is 22.2 Å². The van der Waals surface area contributed by atoms with Gasteiger partial charge in [-0.25, -0.2) is 14.8 Å². The van der Waals surface area contributed by atoms with Gasteiger partial charge in [0.1, 0.15) is 0 Å². The Morgan fingerprint density at radius 1 is 0.871 bits per heavy atom. The maximum absolute atomic E-state index is 11.6. The van der Waals surface area contributed by atoms with E-state index in [2.05, 4.69) is 20.0 Å². The number of halogens is 1. The molecule has 9 heteroatoms. The van der Waals surface area contributed by atoms with Crippen LogP contribution >= 0.6 is 23.5 Å². The highest BCUT2D eigenvalue weighted by Crippen LogP contribution is 2.30. The molecule has 0 saturated carbocycles. The van der Waals surface area contributed by atoms with Crippen molar-refractivity contribution >= 4 is 62.9 Å². The Balaban J connectivity index is 1.51. The third-order valence-electron chi connectivity index (χ3n) is 4.68. The summed E-state index contributed by atoms with van der Waals surface area (Å²) in [5.41, 5.74) is 4.69. The van der Waals surface area contributed by atoms with E-state index in [9.17, 15) is 4.79 Å². The minimum absolute atomic E-state index is 0.241. The molecule has 0 bridgehead atoms. The van der Waals surface area contributed by atoms with Gasteiger partial charge in [-0.3, -0.25) is 0 Å². The van der Waals surface area contributed by atoms with Crippen molar-refractivity contribution in [3.8, 4) is 0 Å². The zero-order valence-corrected chi connectivity index (χ0v) is 17.9. The zero-order valence-electron chi connectivity index (χ0n) is 16.4. The van der Waals surface area contributed by atoms with Crippen LogP contribution in [0.1, 0.15) is 5.56 Å². The first kappa shape index (κ1) is 19.5. The average Bonchev–Trinajstić information content (AvgIpc) is 3.12. The summed E-state index contributed by atoms with van der Waals surface area (Å²) in [7, 11) is 0. The number of nitrogens with zero attached hydrogens (tertiary/aromatic N) is 2. The number of rotatable bonds is 5. The smallest absolute Gasteiger partial charge is 0.323 e. The van der Waals surface area contributed by atoms with Crippen molar-refractivity contribution in [2.75, 3.05) is 10.0 Å². The molecule has 0 fully saturated rings. The summed E-state index contributed by atoms with van der Waals surface area (Å²) in [5.74, 6) is 1.18. The van der Waals surface area contributed by atoms with E-state index in [1.165, 1.54) is 11.9 Å². The quantitative estimate of drug-likeness (QED) is 0.260. The van der Waals surface area contributed by atoms with Gasteiger partial charge in [0.05, 0.1) is 22.1 Å². The Bertz CT molecular complexity index is 1460. The van der Waals surface area contributed by atoms with Crippen LogP contribution in [0.4, 0.5) is 17.3 Å². The van der Waals surface area contributed by atoms with E-state index in [0.717, 1.165) is 32.7 Å². The lowest BCUT2D eigenvalue weighted by molar-refractivity contribution is 1.21. The summed E-state index contributed by atoms with van der Waals surface area (Å²) in [5, 5.41) is 4.01. The molecular weight excluding hydrogens is 432 g/mol. The van der Waals surface area contributed by atoms with Gasteiger partial charge >= 0.3 is 5.69 Å². The normalized spacial score (nSPS) is 11.2. The Kier molecular flexibility index (Phi) is 5.01. The molecule has 31 heavy (non-hydrogen) atoms. The van der Waals surface area contributed by atoms with Crippen LogP contribution in [-0.4, -0.2) is 19.9 Å². The second-order valence-electron chi connectivity index (χ2n) is 7.04. The van der Waals surface area contributed by atoms with Gasteiger partial charge in [0.25, 0.3) is 0 Å². The number of benzene rings is 3. The topological polar surface area (TPSA) is 98.5 Å². The molecule has 7 nitrogen and oxygen atoms in total. The third-order valence-corrected chi connectivity index (χ3v) is 5.73. The number of hydrogen-bond donors (Lipinski definition) is 4.